The van der Waals surface area contributed by atoms with Crippen LogP contribution in [0.15, 0.2) is 11.6 Å². The van der Waals surface area contributed by atoms with Crippen LogP contribution >= 0.6 is 0 Å². The molecule has 0 aromatic heterocycles. The van der Waals surface area contributed by atoms with Crippen molar-refractivity contribution in [2.75, 3.05) is 6.61 Å². The smallest absolute Gasteiger partial charge is 0.162 e. The molecular weight excluding hydrogens is 344 g/mol. The summed E-state index contributed by atoms with van der Waals surface area (Å²) in [6, 6.07) is 0. The highest BCUT2D eigenvalue weighted by Crippen LogP contribution is 2.66. The van der Waals surface area contributed by atoms with Crippen LogP contribution in [0.4, 0.5) is 0 Å². The molecule has 0 aromatic rings. The lowest BCUT2D eigenvalue weighted by molar-refractivity contribution is -0.156. The molecule has 5 nitrogen and oxygen atoms in total. The summed E-state index contributed by atoms with van der Waals surface area (Å²) in [5.41, 5.74) is -0.152. The Bertz CT molecular complexity index is 739. The summed E-state index contributed by atoms with van der Waals surface area (Å²) in [6.45, 7) is 5.61. The van der Waals surface area contributed by atoms with Gasteiger partial charge in [0.25, 0.3) is 0 Å². The van der Waals surface area contributed by atoms with Gasteiger partial charge in [0.2, 0.25) is 0 Å². The van der Waals surface area contributed by atoms with Gasteiger partial charge in [-0.15, -0.1) is 0 Å². The summed E-state index contributed by atoms with van der Waals surface area (Å²) in [5.74, 6) is -0.138. The Morgan fingerprint density at radius 1 is 1.30 bits per heavy atom. The van der Waals surface area contributed by atoms with Gasteiger partial charge in [-0.25, -0.2) is 0 Å². The van der Waals surface area contributed by atoms with Crippen LogP contribution in [-0.2, 0) is 14.4 Å². The van der Waals surface area contributed by atoms with E-state index >= 15 is 0 Å². The van der Waals surface area contributed by atoms with Gasteiger partial charge in [-0.2, -0.15) is 0 Å². The topological polar surface area (TPSA) is 91.7 Å². The van der Waals surface area contributed by atoms with E-state index in [1.807, 2.05) is 6.92 Å². The van der Waals surface area contributed by atoms with Crippen LogP contribution in [0.2, 0.25) is 0 Å². The van der Waals surface area contributed by atoms with E-state index in [-0.39, 0.29) is 53.4 Å². The number of carbonyl (C=O) groups is 3. The van der Waals surface area contributed by atoms with E-state index in [0.29, 0.717) is 6.42 Å². The fraction of sp³-hybridized carbons (Fsp3) is 0.773. The Kier molecular flexibility index (Phi) is 4.28. The van der Waals surface area contributed by atoms with Gasteiger partial charge in [-0.1, -0.05) is 26.3 Å². The van der Waals surface area contributed by atoms with E-state index in [1.165, 1.54) is 0 Å². The minimum atomic E-state index is -0.820. The third-order valence-electron chi connectivity index (χ3n) is 8.61. The highest BCUT2D eigenvalue weighted by molar-refractivity contribution is 5.94. The molecule has 4 aliphatic rings. The van der Waals surface area contributed by atoms with Crippen molar-refractivity contribution < 1.29 is 24.6 Å². The van der Waals surface area contributed by atoms with Crippen LogP contribution in [0.25, 0.3) is 0 Å². The fourth-order valence-corrected chi connectivity index (χ4v) is 7.57. The third kappa shape index (κ3) is 2.40. The zero-order chi connectivity index (χ0) is 19.7. The van der Waals surface area contributed by atoms with Gasteiger partial charge in [-0.05, 0) is 48.5 Å². The predicted molar refractivity (Wildman–Crippen MR) is 98.6 cm³/mol. The second kappa shape index (κ2) is 6.08. The number of carbonyl (C=O) groups excluding carboxylic acids is 3. The number of ketones is 3. The molecule has 148 valence electrons. The van der Waals surface area contributed by atoms with Crippen LogP contribution < -0.4 is 0 Å². The number of hydrogen-bond acceptors (Lipinski definition) is 5. The maximum atomic E-state index is 13.4. The van der Waals surface area contributed by atoms with Crippen molar-refractivity contribution in [1.82, 2.24) is 0 Å². The average Bonchev–Trinajstić information content (AvgIpc) is 2.85. The van der Waals surface area contributed by atoms with E-state index in [1.54, 1.807) is 6.08 Å². The van der Waals surface area contributed by atoms with Crippen molar-refractivity contribution in [1.29, 1.82) is 0 Å². The number of rotatable bonds is 2. The molecule has 8 atom stereocenters. The van der Waals surface area contributed by atoms with Crippen LogP contribution in [0.5, 0.6) is 0 Å². The lowest BCUT2D eigenvalue weighted by Gasteiger charge is -2.58. The predicted octanol–water partition coefficient (Wildman–Crippen LogP) is 2.09. The first-order chi connectivity index (χ1) is 12.6. The first kappa shape index (κ1) is 19.0. The van der Waals surface area contributed by atoms with Gasteiger partial charge in [0, 0.05) is 30.1 Å². The molecule has 0 heterocycles. The Morgan fingerprint density at radius 3 is 2.67 bits per heavy atom. The van der Waals surface area contributed by atoms with E-state index in [9.17, 15) is 24.6 Å². The first-order valence-corrected chi connectivity index (χ1v) is 10.2. The van der Waals surface area contributed by atoms with Crippen molar-refractivity contribution in [2.45, 2.75) is 59.0 Å². The van der Waals surface area contributed by atoms with Crippen LogP contribution in [0.3, 0.4) is 0 Å². The van der Waals surface area contributed by atoms with Crippen molar-refractivity contribution in [3.8, 4) is 0 Å². The zero-order valence-electron chi connectivity index (χ0n) is 16.4. The molecule has 4 aliphatic carbocycles. The van der Waals surface area contributed by atoms with Crippen molar-refractivity contribution in [3.05, 3.63) is 11.6 Å². The molecule has 3 saturated carbocycles. The molecule has 2 N–H and O–H groups in total. The molecule has 0 aromatic carbocycles. The van der Waals surface area contributed by atoms with Gasteiger partial charge < -0.3 is 10.2 Å². The highest BCUT2D eigenvalue weighted by atomic mass is 16.3. The molecule has 0 radical (unpaired) electrons. The lowest BCUT2D eigenvalue weighted by atomic mass is 9.45. The maximum Gasteiger partial charge on any atom is 0.162 e. The van der Waals surface area contributed by atoms with Crippen molar-refractivity contribution in [2.24, 2.45) is 40.4 Å². The molecule has 0 amide bonds. The molecule has 2 unspecified atom stereocenters. The number of fused-ring (bicyclic) bond motifs is 5. The molecule has 0 saturated heterocycles. The van der Waals surface area contributed by atoms with Crippen LogP contribution in [0, 0.1) is 40.4 Å². The zero-order valence-corrected chi connectivity index (χ0v) is 16.4. The number of hydrogen-bond donors (Lipinski definition) is 2. The SMILES string of the molecule is CC1C[C@H]2[C@@H]3CCC4=CC(=O)CC(O)[C@]4(C)[C@H]3C(=O)C[C@]2(C)[C@H]1C(=O)CO. The standard InChI is InChI=1S/C22H30O5/c1-11-6-15-14-5-4-12-7-13(24)8-18(27)22(12,3)20(14)16(25)9-21(15,2)19(11)17(26)10-23/h7,11,14-15,18-20,23,27H,4-6,8-10H2,1-3H3/t11?,14-,15-,18?,19+,20+,21-,22+/m0/s1. The largest absolute Gasteiger partial charge is 0.392 e. The summed E-state index contributed by atoms with van der Waals surface area (Å²) < 4.78 is 0. The fourth-order valence-electron chi connectivity index (χ4n) is 7.57. The molecule has 0 aliphatic heterocycles. The number of aliphatic hydroxyl groups is 2. The first-order valence-electron chi connectivity index (χ1n) is 10.2. The second-order valence-electron chi connectivity index (χ2n) is 9.89. The van der Waals surface area contributed by atoms with E-state index in [4.69, 9.17) is 0 Å². The van der Waals surface area contributed by atoms with E-state index < -0.39 is 23.5 Å². The van der Waals surface area contributed by atoms with Gasteiger partial charge in [0.05, 0.1) is 6.10 Å². The minimum Gasteiger partial charge on any atom is -0.392 e. The summed E-state index contributed by atoms with van der Waals surface area (Å²) in [5, 5.41) is 20.3. The summed E-state index contributed by atoms with van der Waals surface area (Å²) in [4.78, 5) is 37.9. The van der Waals surface area contributed by atoms with Crippen molar-refractivity contribution >= 4 is 17.3 Å². The second-order valence-corrected chi connectivity index (χ2v) is 9.89. The van der Waals surface area contributed by atoms with Crippen LogP contribution in [-0.4, -0.2) is 40.3 Å². The van der Waals surface area contributed by atoms with Crippen molar-refractivity contribution in [3.63, 3.8) is 0 Å². The van der Waals surface area contributed by atoms with Gasteiger partial charge in [0.15, 0.2) is 11.6 Å². The lowest BCUT2D eigenvalue weighted by Crippen LogP contribution is -2.59. The molecule has 4 rings (SSSR count). The third-order valence-corrected chi connectivity index (χ3v) is 8.61. The molecule has 3 fully saturated rings. The van der Waals surface area contributed by atoms with Gasteiger partial charge in [-0.3, -0.25) is 14.4 Å². The Balaban J connectivity index is 1.77. The van der Waals surface area contributed by atoms with Gasteiger partial charge in [0.1, 0.15) is 12.4 Å². The maximum absolute atomic E-state index is 13.4. The quantitative estimate of drug-likeness (QED) is 0.772. The molecule has 0 bridgehead atoms. The highest BCUT2D eigenvalue weighted by Gasteiger charge is 2.65. The minimum absolute atomic E-state index is 0.0513. The normalized spacial score (nSPS) is 49.1. The number of aliphatic hydroxyl groups excluding tert-OH is 2. The Labute approximate surface area is 160 Å². The van der Waals surface area contributed by atoms with E-state index in [0.717, 1.165) is 24.8 Å². The summed E-state index contributed by atoms with van der Waals surface area (Å²) in [7, 11) is 0. The van der Waals surface area contributed by atoms with E-state index in [2.05, 4.69) is 13.8 Å². The van der Waals surface area contributed by atoms with Gasteiger partial charge >= 0.3 is 0 Å². The molecule has 5 heteroatoms. The average molecular weight is 374 g/mol. The molecule has 0 spiro atoms. The molecular formula is C22H30O5. The summed E-state index contributed by atoms with van der Waals surface area (Å²) in [6.07, 6.45) is 3.69. The Hall–Kier alpha value is -1.33. The number of Topliss-reactive ketones (excluding diaryl/α,β-unsaturated/α-hetero) is 2. The molecule has 27 heavy (non-hydrogen) atoms. The van der Waals surface area contributed by atoms with Crippen LogP contribution in [0.1, 0.15) is 52.9 Å². The monoisotopic (exact) mass is 374 g/mol. The Morgan fingerprint density at radius 2 is 2.00 bits per heavy atom. The summed E-state index contributed by atoms with van der Waals surface area (Å²) >= 11 is 0.